The summed E-state index contributed by atoms with van der Waals surface area (Å²) in [5.41, 5.74) is 0.110. The summed E-state index contributed by atoms with van der Waals surface area (Å²) < 4.78 is 29.9. The lowest BCUT2D eigenvalue weighted by molar-refractivity contribution is -0.529. The SMILES string of the molecule is CN1CCCC1CCNC(=O)C1=CN2C3CC4OC5CC([N+](=O)[O-])CCC5NC4CC3OC3C(NCCC4CCCN4C)C(F)CC(C1=O)C32. The van der Waals surface area contributed by atoms with Crippen molar-refractivity contribution in [3.63, 3.8) is 0 Å². The van der Waals surface area contributed by atoms with Gasteiger partial charge in [0.2, 0.25) is 6.04 Å². The zero-order valence-electron chi connectivity index (χ0n) is 29.6. The number of ketones is 1. The Bertz CT molecular complexity index is 1340. The van der Waals surface area contributed by atoms with Crippen molar-refractivity contribution in [1.29, 1.82) is 0 Å². The maximum absolute atomic E-state index is 16.3. The number of morpholine rings is 2. The largest absolute Gasteiger partial charge is 0.371 e. The second-order valence-electron chi connectivity index (χ2n) is 16.6. The first-order valence-electron chi connectivity index (χ1n) is 19.5. The van der Waals surface area contributed by atoms with E-state index in [1.807, 2.05) is 0 Å². The van der Waals surface area contributed by atoms with Gasteiger partial charge < -0.3 is 40.1 Å². The van der Waals surface area contributed by atoms with Crippen LogP contribution in [-0.2, 0) is 19.1 Å². The molecule has 5 aliphatic heterocycles. The van der Waals surface area contributed by atoms with Crippen LogP contribution in [0.15, 0.2) is 11.8 Å². The lowest BCUT2D eigenvalue weighted by Gasteiger charge is -2.61. The number of carbonyl (C=O) groups excluding carboxylic acids is 2. The van der Waals surface area contributed by atoms with Gasteiger partial charge in [-0.05, 0) is 97.9 Å². The van der Waals surface area contributed by atoms with Gasteiger partial charge in [0.05, 0.1) is 48.1 Å². The zero-order chi connectivity index (χ0) is 34.7. The highest BCUT2D eigenvalue weighted by Gasteiger charge is 2.60. The summed E-state index contributed by atoms with van der Waals surface area (Å²) in [6, 6.07) is -0.726. The van der Waals surface area contributed by atoms with E-state index in [-0.39, 0.29) is 71.1 Å². The predicted octanol–water partition coefficient (Wildman–Crippen LogP) is 1.38. The van der Waals surface area contributed by atoms with Crippen LogP contribution in [0.3, 0.4) is 0 Å². The summed E-state index contributed by atoms with van der Waals surface area (Å²) in [5.74, 6) is -1.36. The van der Waals surface area contributed by atoms with Gasteiger partial charge in [0.1, 0.15) is 6.17 Å². The number of hydrogen-bond donors (Lipinski definition) is 3. The van der Waals surface area contributed by atoms with E-state index in [0.29, 0.717) is 57.3 Å². The summed E-state index contributed by atoms with van der Waals surface area (Å²) in [6.45, 7) is 3.30. The Morgan fingerprint density at radius 3 is 2.38 bits per heavy atom. The highest BCUT2D eigenvalue weighted by molar-refractivity contribution is 6.20. The number of amides is 1. The number of nitrogens with zero attached hydrogens (tertiary/aromatic N) is 4. The van der Waals surface area contributed by atoms with Gasteiger partial charge in [-0.2, -0.15) is 0 Å². The molecular weight excluding hydrogens is 645 g/mol. The zero-order valence-corrected chi connectivity index (χ0v) is 29.6. The number of hydrogen-bond acceptors (Lipinski definition) is 11. The van der Waals surface area contributed by atoms with E-state index >= 15 is 4.39 Å². The van der Waals surface area contributed by atoms with Crippen molar-refractivity contribution in [3.8, 4) is 0 Å². The third-order valence-corrected chi connectivity index (χ3v) is 13.8. The Hall–Kier alpha value is -2.23. The molecule has 1 amide bonds. The number of nitro groups is 1. The molecule has 8 rings (SSSR count). The maximum Gasteiger partial charge on any atom is 0.256 e. The molecule has 7 fully saturated rings. The Kier molecular flexibility index (Phi) is 9.96. The summed E-state index contributed by atoms with van der Waals surface area (Å²) in [7, 11) is 4.26. The molecule has 4 saturated heterocycles. The van der Waals surface area contributed by atoms with E-state index in [4.69, 9.17) is 9.47 Å². The number of carbonyl (C=O) groups is 2. The van der Waals surface area contributed by atoms with Gasteiger partial charge in [-0.25, -0.2) is 4.39 Å². The smallest absolute Gasteiger partial charge is 0.256 e. The number of halogens is 1. The minimum Gasteiger partial charge on any atom is -0.371 e. The molecule has 13 nitrogen and oxygen atoms in total. The number of rotatable bonds is 9. The Balaban J connectivity index is 1.03. The molecule has 0 radical (unpaired) electrons. The van der Waals surface area contributed by atoms with E-state index in [2.05, 4.69) is 44.7 Å². The topological polar surface area (TPSA) is 142 Å². The van der Waals surface area contributed by atoms with Crippen LogP contribution < -0.4 is 16.0 Å². The first-order chi connectivity index (χ1) is 24.2. The number of fused-ring (bicyclic) bond motifs is 4. The van der Waals surface area contributed by atoms with Gasteiger partial charge in [0, 0.05) is 60.6 Å². The minimum absolute atomic E-state index is 0.0120. The third kappa shape index (κ3) is 6.50. The van der Waals surface area contributed by atoms with Crippen LogP contribution in [0.2, 0.25) is 0 Å². The van der Waals surface area contributed by atoms with Gasteiger partial charge in [0.15, 0.2) is 5.78 Å². The maximum atomic E-state index is 16.3. The molecule has 3 aliphatic carbocycles. The van der Waals surface area contributed by atoms with Crippen LogP contribution in [0.5, 0.6) is 0 Å². The molecule has 14 atom stereocenters. The normalized spacial score (nSPS) is 44.5. The highest BCUT2D eigenvalue weighted by atomic mass is 19.1. The van der Waals surface area contributed by atoms with Crippen molar-refractivity contribution in [3.05, 3.63) is 21.9 Å². The predicted molar refractivity (Wildman–Crippen MR) is 183 cm³/mol. The van der Waals surface area contributed by atoms with Gasteiger partial charge >= 0.3 is 0 Å². The number of ether oxygens (including phenoxy) is 2. The van der Waals surface area contributed by atoms with Crippen LogP contribution in [0.25, 0.3) is 0 Å². The average molecular weight is 702 g/mol. The highest BCUT2D eigenvalue weighted by Crippen LogP contribution is 2.47. The quantitative estimate of drug-likeness (QED) is 0.183. The van der Waals surface area contributed by atoms with Crippen LogP contribution in [0.1, 0.15) is 77.0 Å². The van der Waals surface area contributed by atoms with Crippen molar-refractivity contribution in [2.75, 3.05) is 40.3 Å². The van der Waals surface area contributed by atoms with E-state index < -0.39 is 30.3 Å². The molecule has 5 heterocycles. The van der Waals surface area contributed by atoms with Gasteiger partial charge in [-0.3, -0.25) is 19.7 Å². The van der Waals surface area contributed by atoms with E-state index in [1.165, 1.54) is 6.42 Å². The van der Waals surface area contributed by atoms with Crippen LogP contribution >= 0.6 is 0 Å². The van der Waals surface area contributed by atoms with Crippen molar-refractivity contribution >= 4 is 11.7 Å². The Morgan fingerprint density at radius 2 is 1.68 bits per heavy atom. The van der Waals surface area contributed by atoms with Gasteiger partial charge in [-0.1, -0.05) is 0 Å². The first-order valence-corrected chi connectivity index (χ1v) is 19.5. The third-order valence-electron chi connectivity index (χ3n) is 13.8. The lowest BCUT2D eigenvalue weighted by atomic mass is 9.69. The van der Waals surface area contributed by atoms with Crippen molar-refractivity contribution in [2.24, 2.45) is 5.92 Å². The second kappa shape index (κ2) is 14.3. The van der Waals surface area contributed by atoms with E-state index in [0.717, 1.165) is 45.2 Å². The average Bonchev–Trinajstić information content (AvgIpc) is 3.71. The molecule has 14 unspecified atom stereocenters. The van der Waals surface area contributed by atoms with Crippen LogP contribution in [0.4, 0.5) is 4.39 Å². The van der Waals surface area contributed by atoms with Crippen molar-refractivity contribution in [1.82, 2.24) is 30.7 Å². The molecule has 0 aromatic carbocycles. The van der Waals surface area contributed by atoms with E-state index in [1.54, 1.807) is 6.20 Å². The second-order valence-corrected chi connectivity index (χ2v) is 16.6. The first kappa shape index (κ1) is 34.8. The summed E-state index contributed by atoms with van der Waals surface area (Å²) in [4.78, 5) is 46.1. The lowest BCUT2D eigenvalue weighted by Crippen LogP contribution is -2.75. The molecule has 14 heteroatoms. The molecule has 3 N–H and O–H groups in total. The molecule has 0 bridgehead atoms. The molecule has 0 aromatic rings. The standard InChI is InChI=1S/C36H56FN7O6/c1-41-13-3-5-20(41)9-11-38-32-25(37)16-23-33-35(32)50-31-17-27-30(49-29-15-22(44(47)48)7-8-26(29)40-27)18-28(31)43(33)19-24(34(23)45)36(46)39-12-10-21-6-4-14-42(21)2/h19-23,25-33,35,38,40H,3-18H2,1-2H3,(H,39,46). The number of Topliss-reactive ketones (excluding diaryl/α,β-unsaturated/α-hetero) is 1. The van der Waals surface area contributed by atoms with Crippen molar-refractivity contribution in [2.45, 2.75) is 156 Å². The van der Waals surface area contributed by atoms with E-state index in [9.17, 15) is 19.7 Å². The number of likely N-dealkylation sites (tertiary alicyclic amines) is 2. The molecule has 50 heavy (non-hydrogen) atoms. The molecule has 0 spiro atoms. The molecule has 278 valence electrons. The molecule has 0 aromatic heterocycles. The Labute approximate surface area is 294 Å². The van der Waals surface area contributed by atoms with Gasteiger partial charge in [0.25, 0.3) is 5.91 Å². The minimum atomic E-state index is -1.28. The number of alkyl halides is 1. The van der Waals surface area contributed by atoms with Gasteiger partial charge in [-0.15, -0.1) is 0 Å². The summed E-state index contributed by atoms with van der Waals surface area (Å²) in [5, 5.41) is 22.0. The molecule has 3 saturated carbocycles. The van der Waals surface area contributed by atoms with Crippen LogP contribution in [0, 0.1) is 16.0 Å². The number of nitrogens with one attached hydrogen (secondary N) is 3. The Morgan fingerprint density at radius 1 is 0.960 bits per heavy atom. The molecular formula is C36H56FN7O6. The van der Waals surface area contributed by atoms with Crippen molar-refractivity contribution < 1.29 is 28.4 Å². The fraction of sp³-hybridized carbons (Fsp3) is 0.889. The summed E-state index contributed by atoms with van der Waals surface area (Å²) in [6.07, 6.45) is 8.55. The fourth-order valence-corrected chi connectivity index (χ4v) is 11.0. The van der Waals surface area contributed by atoms with Crippen LogP contribution in [-0.4, -0.2) is 151 Å². The fourth-order valence-electron chi connectivity index (χ4n) is 11.0. The molecule has 8 aliphatic rings. The summed E-state index contributed by atoms with van der Waals surface area (Å²) >= 11 is 0. The monoisotopic (exact) mass is 701 g/mol.